The summed E-state index contributed by atoms with van der Waals surface area (Å²) in [4.78, 5) is 14.1. The van der Waals surface area contributed by atoms with E-state index in [1.54, 1.807) is 6.92 Å². The smallest absolute Gasteiger partial charge is 0.374 e. The second kappa shape index (κ2) is 5.97. The molecule has 0 amide bonds. The minimum absolute atomic E-state index is 0.223. The molecule has 0 bridgehead atoms. The van der Waals surface area contributed by atoms with Crippen LogP contribution < -0.4 is 0 Å². The van der Waals surface area contributed by atoms with Gasteiger partial charge in [-0.3, -0.25) is 4.90 Å². The van der Waals surface area contributed by atoms with Gasteiger partial charge < -0.3 is 9.15 Å². The van der Waals surface area contributed by atoms with E-state index in [2.05, 4.69) is 43.1 Å². The molecule has 1 aromatic carbocycles. The average molecular weight is 299 g/mol. The van der Waals surface area contributed by atoms with Crippen LogP contribution in [0.15, 0.2) is 34.7 Å². The number of benzene rings is 1. The fourth-order valence-corrected chi connectivity index (χ4v) is 2.97. The summed E-state index contributed by atoms with van der Waals surface area (Å²) in [6, 6.07) is 10.4. The molecule has 3 rings (SSSR count). The number of fused-ring (bicyclic) bond motifs is 1. The highest BCUT2D eigenvalue weighted by Gasteiger charge is 2.30. The van der Waals surface area contributed by atoms with Gasteiger partial charge in [0.05, 0.1) is 13.2 Å². The number of carbonyl (C=O) groups excluding carboxylic acids is 1. The van der Waals surface area contributed by atoms with Crippen molar-refractivity contribution in [2.24, 2.45) is 0 Å². The molecule has 0 radical (unpaired) electrons. The highest BCUT2D eigenvalue weighted by molar-refractivity contribution is 5.86. The van der Waals surface area contributed by atoms with Crippen LogP contribution in [0, 0.1) is 6.92 Å². The van der Waals surface area contributed by atoms with Gasteiger partial charge >= 0.3 is 5.97 Å². The van der Waals surface area contributed by atoms with E-state index in [1.807, 2.05) is 6.07 Å². The molecule has 1 aliphatic rings. The molecule has 0 spiro atoms. The molecule has 1 atom stereocenters. The molecule has 1 unspecified atom stereocenters. The molecule has 22 heavy (non-hydrogen) atoms. The van der Waals surface area contributed by atoms with Crippen molar-refractivity contribution in [1.82, 2.24) is 4.90 Å². The zero-order valence-electron chi connectivity index (χ0n) is 13.3. The third-order valence-electron chi connectivity index (χ3n) is 4.08. The van der Waals surface area contributed by atoms with Crippen LogP contribution in [0.4, 0.5) is 0 Å². The van der Waals surface area contributed by atoms with Crippen molar-refractivity contribution in [3.05, 3.63) is 58.5 Å². The van der Waals surface area contributed by atoms with E-state index in [1.165, 1.54) is 11.1 Å². The molecule has 1 aliphatic heterocycles. The molecule has 1 aromatic heterocycles. The third kappa shape index (κ3) is 2.79. The summed E-state index contributed by atoms with van der Waals surface area (Å²) >= 11 is 0. The lowest BCUT2D eigenvalue weighted by atomic mass is 9.88. The maximum absolute atomic E-state index is 11.9. The maximum atomic E-state index is 11.9. The first-order valence-corrected chi connectivity index (χ1v) is 7.63. The lowest BCUT2D eigenvalue weighted by Crippen LogP contribution is -2.30. The first-order valence-electron chi connectivity index (χ1n) is 7.63. The van der Waals surface area contributed by atoms with Crippen LogP contribution in [-0.2, 0) is 11.3 Å². The lowest BCUT2D eigenvalue weighted by Gasteiger charge is -2.29. The van der Waals surface area contributed by atoms with Gasteiger partial charge in [0, 0.05) is 18.0 Å². The molecule has 0 N–H and O–H groups in total. The summed E-state index contributed by atoms with van der Waals surface area (Å²) in [6.45, 7) is 5.86. The van der Waals surface area contributed by atoms with E-state index in [9.17, 15) is 4.79 Å². The number of rotatable bonds is 3. The van der Waals surface area contributed by atoms with Gasteiger partial charge in [0.25, 0.3) is 0 Å². The van der Waals surface area contributed by atoms with E-state index < -0.39 is 0 Å². The molecule has 0 saturated heterocycles. The number of esters is 1. The van der Waals surface area contributed by atoms with Crippen LogP contribution in [0.25, 0.3) is 0 Å². The summed E-state index contributed by atoms with van der Waals surface area (Å²) in [7, 11) is 2.07. The molecule has 116 valence electrons. The van der Waals surface area contributed by atoms with E-state index >= 15 is 0 Å². The Morgan fingerprint density at radius 3 is 2.77 bits per heavy atom. The summed E-state index contributed by atoms with van der Waals surface area (Å²) < 4.78 is 10.8. The van der Waals surface area contributed by atoms with Crippen molar-refractivity contribution in [3.8, 4) is 0 Å². The van der Waals surface area contributed by atoms with Gasteiger partial charge in [0.15, 0.2) is 0 Å². The number of hydrogen-bond donors (Lipinski definition) is 0. The number of nitrogens with zero attached hydrogens (tertiary/aromatic N) is 1. The highest BCUT2D eigenvalue weighted by Crippen LogP contribution is 2.35. The number of carbonyl (C=O) groups is 1. The summed E-state index contributed by atoms with van der Waals surface area (Å²) in [6.07, 6.45) is 0. The Kier molecular flexibility index (Phi) is 4.03. The van der Waals surface area contributed by atoms with Gasteiger partial charge in [-0.1, -0.05) is 29.8 Å². The molecule has 2 aromatic rings. The van der Waals surface area contributed by atoms with Crippen LogP contribution in [0.1, 0.15) is 45.8 Å². The van der Waals surface area contributed by atoms with Gasteiger partial charge in [-0.15, -0.1) is 0 Å². The molecule has 4 heteroatoms. The Morgan fingerprint density at radius 1 is 1.36 bits per heavy atom. The monoisotopic (exact) mass is 299 g/mol. The van der Waals surface area contributed by atoms with Crippen LogP contribution in [0.3, 0.4) is 0 Å². The van der Waals surface area contributed by atoms with Crippen molar-refractivity contribution in [2.75, 3.05) is 20.2 Å². The summed E-state index contributed by atoms with van der Waals surface area (Å²) in [5.74, 6) is 1.00. The van der Waals surface area contributed by atoms with Crippen molar-refractivity contribution in [1.29, 1.82) is 0 Å². The SMILES string of the molecule is CCOC(=O)c1cc2c(o1)CN(C)CC2c1ccc(C)cc1. The van der Waals surface area contributed by atoms with Gasteiger partial charge in [-0.2, -0.15) is 0 Å². The molecule has 0 fully saturated rings. The van der Waals surface area contributed by atoms with Crippen LogP contribution >= 0.6 is 0 Å². The quantitative estimate of drug-likeness (QED) is 0.815. The summed E-state index contributed by atoms with van der Waals surface area (Å²) in [5, 5.41) is 0. The number of aryl methyl sites for hydroxylation is 1. The second-order valence-corrected chi connectivity index (χ2v) is 5.87. The molecule has 2 heterocycles. The van der Waals surface area contributed by atoms with Crippen molar-refractivity contribution in [2.45, 2.75) is 26.3 Å². The van der Waals surface area contributed by atoms with Crippen molar-refractivity contribution < 1.29 is 13.9 Å². The Labute approximate surface area is 130 Å². The normalized spacial score (nSPS) is 18.0. The van der Waals surface area contributed by atoms with Crippen molar-refractivity contribution >= 4 is 5.97 Å². The fourth-order valence-electron chi connectivity index (χ4n) is 2.97. The van der Waals surface area contributed by atoms with E-state index in [0.717, 1.165) is 24.4 Å². The molecule has 0 aliphatic carbocycles. The summed E-state index contributed by atoms with van der Waals surface area (Å²) in [5.41, 5.74) is 3.59. The first kappa shape index (κ1) is 14.9. The molecular weight excluding hydrogens is 278 g/mol. The van der Waals surface area contributed by atoms with Crippen LogP contribution in [0.5, 0.6) is 0 Å². The first-order chi connectivity index (χ1) is 10.6. The molecular formula is C18H21NO3. The predicted molar refractivity (Wildman–Crippen MR) is 84.0 cm³/mol. The Morgan fingerprint density at radius 2 is 2.09 bits per heavy atom. The van der Waals surface area contributed by atoms with E-state index in [0.29, 0.717) is 12.4 Å². The fraction of sp³-hybridized carbons (Fsp3) is 0.389. The minimum Gasteiger partial charge on any atom is -0.460 e. The molecule has 4 nitrogen and oxygen atoms in total. The third-order valence-corrected chi connectivity index (χ3v) is 4.08. The number of hydrogen-bond acceptors (Lipinski definition) is 4. The standard InChI is InChI=1S/C18H21NO3/c1-4-21-18(20)16-9-14-15(10-19(3)11-17(14)22-16)13-7-5-12(2)6-8-13/h5-9,15H,4,10-11H2,1-3H3. The highest BCUT2D eigenvalue weighted by atomic mass is 16.5. The minimum atomic E-state index is -0.387. The number of ether oxygens (including phenoxy) is 1. The lowest BCUT2D eigenvalue weighted by molar-refractivity contribution is 0.0486. The topological polar surface area (TPSA) is 42.7 Å². The average Bonchev–Trinajstić information content (AvgIpc) is 2.91. The number of furan rings is 1. The van der Waals surface area contributed by atoms with E-state index in [4.69, 9.17) is 9.15 Å². The van der Waals surface area contributed by atoms with Gasteiger partial charge in [-0.25, -0.2) is 4.79 Å². The Bertz CT molecular complexity index is 672. The van der Waals surface area contributed by atoms with Crippen LogP contribution in [0.2, 0.25) is 0 Å². The molecule has 0 saturated carbocycles. The largest absolute Gasteiger partial charge is 0.460 e. The zero-order chi connectivity index (χ0) is 15.7. The van der Waals surface area contributed by atoms with Gasteiger partial charge in [0.2, 0.25) is 5.76 Å². The van der Waals surface area contributed by atoms with E-state index in [-0.39, 0.29) is 11.9 Å². The number of likely N-dealkylation sites (N-methyl/N-ethyl adjacent to an activating group) is 1. The van der Waals surface area contributed by atoms with Gasteiger partial charge in [-0.05, 0) is 32.5 Å². The Hall–Kier alpha value is -2.07. The van der Waals surface area contributed by atoms with Crippen LogP contribution in [-0.4, -0.2) is 31.1 Å². The Balaban J connectivity index is 1.97. The van der Waals surface area contributed by atoms with Crippen molar-refractivity contribution in [3.63, 3.8) is 0 Å². The maximum Gasteiger partial charge on any atom is 0.374 e. The van der Waals surface area contributed by atoms with Gasteiger partial charge in [0.1, 0.15) is 5.76 Å². The predicted octanol–water partition coefficient (Wildman–Crippen LogP) is 3.34. The zero-order valence-corrected chi connectivity index (χ0v) is 13.3. The second-order valence-electron chi connectivity index (χ2n) is 5.87.